The predicted molar refractivity (Wildman–Crippen MR) is 104 cm³/mol. The Kier molecular flexibility index (Phi) is 4.42. The van der Waals surface area contributed by atoms with Crippen LogP contribution in [-0.2, 0) is 7.05 Å². The van der Waals surface area contributed by atoms with Gasteiger partial charge >= 0.3 is 0 Å². The second kappa shape index (κ2) is 6.91. The Balaban J connectivity index is 1.80. The molecule has 0 amide bonds. The molecule has 0 aliphatic heterocycles. The van der Waals surface area contributed by atoms with Crippen LogP contribution in [-0.4, -0.2) is 36.8 Å². The fraction of sp³-hybridized carbons (Fsp3) is 0.263. The SMILES string of the molecule is COc1c(C(C)Nc2ncnc3[nH]cnc23)cc(F)c(C)c1-c1cnn(C)c1. The maximum atomic E-state index is 14.8. The smallest absolute Gasteiger partial charge is 0.162 e. The van der Waals surface area contributed by atoms with Crippen molar-refractivity contribution in [2.75, 3.05) is 12.4 Å². The molecule has 3 aromatic heterocycles. The summed E-state index contributed by atoms with van der Waals surface area (Å²) >= 11 is 0. The van der Waals surface area contributed by atoms with E-state index in [1.165, 1.54) is 12.4 Å². The Morgan fingerprint density at radius 3 is 2.82 bits per heavy atom. The number of H-pyrrole nitrogens is 1. The number of hydrogen-bond acceptors (Lipinski definition) is 6. The van der Waals surface area contributed by atoms with Gasteiger partial charge in [0.1, 0.15) is 23.4 Å². The Hall–Kier alpha value is -3.49. The zero-order valence-corrected chi connectivity index (χ0v) is 16.0. The fourth-order valence-electron chi connectivity index (χ4n) is 3.34. The molecular formula is C19H20FN7O. The number of hydrogen-bond donors (Lipinski definition) is 2. The van der Waals surface area contributed by atoms with Crippen LogP contribution in [0.15, 0.2) is 31.1 Å². The number of nitrogens with one attached hydrogen (secondary N) is 2. The van der Waals surface area contributed by atoms with Crippen LogP contribution in [0.1, 0.15) is 24.1 Å². The highest BCUT2D eigenvalue weighted by Crippen LogP contribution is 2.40. The summed E-state index contributed by atoms with van der Waals surface area (Å²) in [5.41, 5.74) is 3.91. The van der Waals surface area contributed by atoms with E-state index in [2.05, 4.69) is 30.4 Å². The first-order chi connectivity index (χ1) is 13.5. The van der Waals surface area contributed by atoms with Crippen molar-refractivity contribution in [1.82, 2.24) is 29.7 Å². The molecule has 1 unspecified atom stereocenters. The summed E-state index contributed by atoms with van der Waals surface area (Å²) in [5, 5.41) is 7.50. The molecule has 0 aliphatic carbocycles. The maximum absolute atomic E-state index is 14.8. The molecule has 0 aliphatic rings. The van der Waals surface area contributed by atoms with Crippen molar-refractivity contribution < 1.29 is 9.13 Å². The largest absolute Gasteiger partial charge is 0.496 e. The molecule has 0 saturated heterocycles. The van der Waals surface area contributed by atoms with Gasteiger partial charge in [0.15, 0.2) is 11.5 Å². The molecule has 2 N–H and O–H groups in total. The summed E-state index contributed by atoms with van der Waals surface area (Å²) in [6, 6.07) is 1.20. The van der Waals surface area contributed by atoms with Gasteiger partial charge in [-0.05, 0) is 25.5 Å². The first-order valence-corrected chi connectivity index (χ1v) is 8.76. The molecule has 1 aromatic carbocycles. The highest BCUT2D eigenvalue weighted by molar-refractivity contribution is 5.82. The van der Waals surface area contributed by atoms with E-state index in [-0.39, 0.29) is 11.9 Å². The summed E-state index contributed by atoms with van der Waals surface area (Å²) in [6.07, 6.45) is 6.54. The van der Waals surface area contributed by atoms with Crippen molar-refractivity contribution in [3.05, 3.63) is 48.1 Å². The van der Waals surface area contributed by atoms with Gasteiger partial charge in [-0.2, -0.15) is 5.10 Å². The van der Waals surface area contributed by atoms with E-state index >= 15 is 0 Å². The molecule has 4 aromatic rings. The van der Waals surface area contributed by atoms with Crippen molar-refractivity contribution in [1.29, 1.82) is 0 Å². The summed E-state index contributed by atoms with van der Waals surface area (Å²) in [4.78, 5) is 15.6. The van der Waals surface area contributed by atoms with Gasteiger partial charge in [0.2, 0.25) is 0 Å². The van der Waals surface area contributed by atoms with E-state index in [0.29, 0.717) is 39.4 Å². The Morgan fingerprint density at radius 2 is 2.11 bits per heavy atom. The number of nitrogens with zero attached hydrogens (tertiary/aromatic N) is 5. The molecule has 0 bridgehead atoms. The molecular weight excluding hydrogens is 361 g/mol. The number of fused-ring (bicyclic) bond motifs is 1. The van der Waals surface area contributed by atoms with Crippen LogP contribution >= 0.6 is 0 Å². The van der Waals surface area contributed by atoms with Crippen molar-refractivity contribution in [3.63, 3.8) is 0 Å². The van der Waals surface area contributed by atoms with Crippen molar-refractivity contribution in [2.24, 2.45) is 7.05 Å². The van der Waals surface area contributed by atoms with E-state index in [1.54, 1.807) is 31.2 Å². The Labute approximate surface area is 160 Å². The molecule has 28 heavy (non-hydrogen) atoms. The molecule has 3 heterocycles. The number of aromatic nitrogens is 6. The monoisotopic (exact) mass is 381 g/mol. The molecule has 4 rings (SSSR count). The van der Waals surface area contributed by atoms with Crippen molar-refractivity contribution >= 4 is 17.0 Å². The van der Waals surface area contributed by atoms with E-state index in [0.717, 1.165) is 5.56 Å². The minimum Gasteiger partial charge on any atom is -0.496 e. The predicted octanol–water partition coefficient (Wildman–Crippen LogP) is 3.38. The van der Waals surface area contributed by atoms with Crippen LogP contribution in [0.25, 0.3) is 22.3 Å². The minimum absolute atomic E-state index is 0.296. The third-order valence-electron chi connectivity index (χ3n) is 4.74. The zero-order valence-electron chi connectivity index (χ0n) is 16.0. The quantitative estimate of drug-likeness (QED) is 0.550. The topological polar surface area (TPSA) is 93.5 Å². The number of rotatable bonds is 5. The normalized spacial score (nSPS) is 12.3. The van der Waals surface area contributed by atoms with E-state index in [1.807, 2.05) is 20.2 Å². The number of methoxy groups -OCH3 is 1. The summed E-state index contributed by atoms with van der Waals surface area (Å²) in [5.74, 6) is 0.847. The number of halogens is 1. The van der Waals surface area contributed by atoms with Crippen molar-refractivity contribution in [3.8, 4) is 16.9 Å². The van der Waals surface area contributed by atoms with E-state index in [9.17, 15) is 4.39 Å². The summed E-state index contributed by atoms with van der Waals surface area (Å²) < 4.78 is 22.2. The van der Waals surface area contributed by atoms with Crippen LogP contribution in [0.5, 0.6) is 5.75 Å². The molecule has 0 radical (unpaired) electrons. The average Bonchev–Trinajstić information content (AvgIpc) is 3.32. The molecule has 144 valence electrons. The van der Waals surface area contributed by atoms with Crippen LogP contribution in [0.3, 0.4) is 0 Å². The summed E-state index contributed by atoms with van der Waals surface area (Å²) in [7, 11) is 3.40. The van der Waals surface area contributed by atoms with Crippen molar-refractivity contribution in [2.45, 2.75) is 19.9 Å². The average molecular weight is 381 g/mol. The molecule has 0 fully saturated rings. The minimum atomic E-state index is -0.309. The molecule has 9 heteroatoms. The Bertz CT molecular complexity index is 1150. The fourth-order valence-corrected chi connectivity index (χ4v) is 3.34. The lowest BCUT2D eigenvalue weighted by Crippen LogP contribution is -2.12. The second-order valence-corrected chi connectivity index (χ2v) is 6.57. The lowest BCUT2D eigenvalue weighted by atomic mass is 9.95. The molecule has 8 nitrogen and oxygen atoms in total. The van der Waals surface area contributed by atoms with Crippen LogP contribution in [0.4, 0.5) is 10.2 Å². The highest BCUT2D eigenvalue weighted by atomic mass is 19.1. The third-order valence-corrected chi connectivity index (χ3v) is 4.74. The van der Waals surface area contributed by atoms with E-state index < -0.39 is 0 Å². The molecule has 0 spiro atoms. The maximum Gasteiger partial charge on any atom is 0.162 e. The van der Waals surface area contributed by atoms with Gasteiger partial charge in [-0.1, -0.05) is 0 Å². The number of aryl methyl sites for hydroxylation is 1. The number of imidazole rings is 1. The van der Waals surface area contributed by atoms with Gasteiger partial charge in [-0.3, -0.25) is 4.68 Å². The third kappa shape index (κ3) is 2.94. The van der Waals surface area contributed by atoms with Crippen LogP contribution < -0.4 is 10.1 Å². The second-order valence-electron chi connectivity index (χ2n) is 6.57. The first kappa shape index (κ1) is 17.9. The number of ether oxygens (including phenoxy) is 1. The zero-order chi connectivity index (χ0) is 19.8. The first-order valence-electron chi connectivity index (χ1n) is 8.76. The number of anilines is 1. The van der Waals surface area contributed by atoms with Gasteiger partial charge in [-0.15, -0.1) is 0 Å². The molecule has 1 atom stereocenters. The standard InChI is InChI=1S/C19H20FN7O/c1-10-14(20)5-13(17(28-4)15(10)12-6-25-27(3)7-12)11(2)26-19-16-18(22-8-21-16)23-9-24-19/h5-9,11H,1-4H3,(H2,21,22,23,24,26). The van der Waals surface area contributed by atoms with Gasteiger partial charge in [0, 0.05) is 29.9 Å². The lowest BCUT2D eigenvalue weighted by Gasteiger charge is -2.21. The van der Waals surface area contributed by atoms with Gasteiger partial charge in [0.25, 0.3) is 0 Å². The van der Waals surface area contributed by atoms with Gasteiger partial charge < -0.3 is 15.0 Å². The van der Waals surface area contributed by atoms with E-state index in [4.69, 9.17) is 4.74 Å². The van der Waals surface area contributed by atoms with Gasteiger partial charge in [0.05, 0.1) is 25.7 Å². The number of benzene rings is 1. The van der Waals surface area contributed by atoms with Crippen LogP contribution in [0, 0.1) is 12.7 Å². The lowest BCUT2D eigenvalue weighted by molar-refractivity contribution is 0.407. The van der Waals surface area contributed by atoms with Gasteiger partial charge in [-0.25, -0.2) is 19.3 Å². The number of aromatic amines is 1. The Morgan fingerprint density at radius 1 is 1.29 bits per heavy atom. The molecule has 0 saturated carbocycles. The highest BCUT2D eigenvalue weighted by Gasteiger charge is 2.23. The summed E-state index contributed by atoms with van der Waals surface area (Å²) in [6.45, 7) is 3.65. The van der Waals surface area contributed by atoms with Crippen LogP contribution in [0.2, 0.25) is 0 Å².